The summed E-state index contributed by atoms with van der Waals surface area (Å²) in [5.74, 6) is 0. The number of fused-ring (bicyclic) bond motifs is 4. The summed E-state index contributed by atoms with van der Waals surface area (Å²) < 4.78 is 2.64. The molecule has 5 heteroatoms. The molecule has 5 nitrogen and oxygen atoms in total. The molecule has 1 aliphatic carbocycles. The first-order valence-corrected chi connectivity index (χ1v) is 9.34. The van der Waals surface area contributed by atoms with Gasteiger partial charge >= 0.3 is 5.69 Å². The molecule has 5 rings (SSSR count). The highest BCUT2D eigenvalue weighted by molar-refractivity contribution is 5.98. The van der Waals surface area contributed by atoms with Gasteiger partial charge in [0.1, 0.15) is 0 Å². The van der Waals surface area contributed by atoms with Gasteiger partial charge in [0, 0.05) is 25.2 Å². The normalized spacial score (nSPS) is 12.6. The van der Waals surface area contributed by atoms with E-state index in [0.717, 1.165) is 40.8 Å². The monoisotopic (exact) mass is 369 g/mol. The number of hydrogen-bond donors (Lipinski definition) is 0. The molecule has 0 unspecified atom stereocenters. The molecule has 2 aromatic heterocycles. The molecule has 0 saturated heterocycles. The lowest BCUT2D eigenvalue weighted by Crippen LogP contribution is -2.38. The Morgan fingerprint density at radius 3 is 2.36 bits per heavy atom. The third-order valence-corrected chi connectivity index (χ3v) is 5.67. The highest BCUT2D eigenvalue weighted by Gasteiger charge is 2.26. The molecule has 0 radical (unpaired) electrons. The lowest BCUT2D eigenvalue weighted by Gasteiger charge is -2.24. The van der Waals surface area contributed by atoms with Crippen molar-refractivity contribution in [3.8, 4) is 22.4 Å². The minimum atomic E-state index is -0.368. The molecule has 2 aromatic carbocycles. The molecule has 1 aliphatic rings. The van der Waals surface area contributed by atoms with Crippen LogP contribution in [0.5, 0.6) is 0 Å². The second-order valence-corrected chi connectivity index (χ2v) is 7.24. The van der Waals surface area contributed by atoms with Gasteiger partial charge in [-0.15, -0.1) is 0 Å². The zero-order valence-electron chi connectivity index (χ0n) is 15.8. The Morgan fingerprint density at radius 1 is 0.857 bits per heavy atom. The molecule has 0 bridgehead atoms. The average Bonchev–Trinajstić information content (AvgIpc) is 2.75. The Kier molecular flexibility index (Phi) is 3.59. The van der Waals surface area contributed by atoms with Crippen molar-refractivity contribution in [3.05, 3.63) is 86.6 Å². The summed E-state index contributed by atoms with van der Waals surface area (Å²) in [7, 11) is 3.20. The Labute approximate surface area is 161 Å². The molecule has 28 heavy (non-hydrogen) atoms. The van der Waals surface area contributed by atoms with Crippen LogP contribution in [0.3, 0.4) is 0 Å². The van der Waals surface area contributed by atoms with Gasteiger partial charge in [0.25, 0.3) is 5.56 Å². The fourth-order valence-electron chi connectivity index (χ4n) is 4.24. The zero-order chi connectivity index (χ0) is 19.4. The third-order valence-electron chi connectivity index (χ3n) is 5.67. The van der Waals surface area contributed by atoms with E-state index in [-0.39, 0.29) is 11.2 Å². The van der Waals surface area contributed by atoms with Crippen LogP contribution in [-0.4, -0.2) is 14.1 Å². The maximum Gasteiger partial charge on any atom is 0.332 e. The molecule has 0 N–H and O–H groups in total. The number of benzene rings is 2. The number of aromatic nitrogens is 3. The molecule has 0 saturated carbocycles. The smallest absolute Gasteiger partial charge is 0.280 e. The Hall–Kier alpha value is -3.47. The summed E-state index contributed by atoms with van der Waals surface area (Å²) in [4.78, 5) is 30.5. The van der Waals surface area contributed by atoms with Crippen LogP contribution in [0.1, 0.15) is 11.1 Å². The second-order valence-electron chi connectivity index (χ2n) is 7.24. The molecule has 0 aliphatic heterocycles. The molecule has 0 spiro atoms. The van der Waals surface area contributed by atoms with Crippen molar-refractivity contribution in [1.82, 2.24) is 14.1 Å². The summed E-state index contributed by atoms with van der Waals surface area (Å²) in [6, 6.07) is 18.2. The van der Waals surface area contributed by atoms with Gasteiger partial charge in [0.2, 0.25) is 0 Å². The molecular formula is C23H19N3O2. The fourth-order valence-corrected chi connectivity index (χ4v) is 4.24. The Balaban J connectivity index is 2.05. The average molecular weight is 369 g/mol. The summed E-state index contributed by atoms with van der Waals surface area (Å²) in [5.41, 5.74) is 5.91. The molecule has 2 heterocycles. The first-order chi connectivity index (χ1) is 13.6. The molecule has 0 atom stereocenters. The van der Waals surface area contributed by atoms with E-state index in [2.05, 4.69) is 12.1 Å². The molecule has 138 valence electrons. The number of hydrogen-bond acceptors (Lipinski definition) is 3. The van der Waals surface area contributed by atoms with E-state index in [4.69, 9.17) is 4.98 Å². The fraction of sp³-hybridized carbons (Fsp3) is 0.174. The molecular weight excluding hydrogens is 350 g/mol. The van der Waals surface area contributed by atoms with Gasteiger partial charge in [-0.2, -0.15) is 0 Å². The van der Waals surface area contributed by atoms with Gasteiger partial charge in [0.15, 0.2) is 5.65 Å². The zero-order valence-corrected chi connectivity index (χ0v) is 15.8. The van der Waals surface area contributed by atoms with Crippen LogP contribution in [0.4, 0.5) is 0 Å². The first-order valence-electron chi connectivity index (χ1n) is 9.34. The van der Waals surface area contributed by atoms with Crippen LogP contribution in [0.15, 0.2) is 64.2 Å². The van der Waals surface area contributed by atoms with E-state index in [1.165, 1.54) is 21.7 Å². The van der Waals surface area contributed by atoms with Crippen molar-refractivity contribution in [2.24, 2.45) is 14.1 Å². The van der Waals surface area contributed by atoms with Gasteiger partial charge in [-0.25, -0.2) is 9.78 Å². The van der Waals surface area contributed by atoms with Crippen LogP contribution in [-0.2, 0) is 26.9 Å². The van der Waals surface area contributed by atoms with Gasteiger partial charge in [-0.1, -0.05) is 54.6 Å². The van der Waals surface area contributed by atoms with E-state index in [0.29, 0.717) is 11.0 Å². The first kappa shape index (κ1) is 16.7. The summed E-state index contributed by atoms with van der Waals surface area (Å²) in [6.07, 6.45) is 1.72. The Bertz CT molecular complexity index is 1360. The Morgan fingerprint density at radius 2 is 1.57 bits per heavy atom. The van der Waals surface area contributed by atoms with Crippen LogP contribution in [0.25, 0.3) is 33.4 Å². The third kappa shape index (κ3) is 2.22. The van der Waals surface area contributed by atoms with Gasteiger partial charge in [0.05, 0.1) is 11.1 Å². The maximum absolute atomic E-state index is 13.1. The van der Waals surface area contributed by atoms with Crippen molar-refractivity contribution in [2.45, 2.75) is 12.8 Å². The minimum absolute atomic E-state index is 0.300. The minimum Gasteiger partial charge on any atom is -0.280 e. The van der Waals surface area contributed by atoms with Crippen LogP contribution < -0.4 is 11.2 Å². The van der Waals surface area contributed by atoms with Crippen molar-refractivity contribution >= 4 is 11.0 Å². The predicted molar refractivity (Wildman–Crippen MR) is 111 cm³/mol. The van der Waals surface area contributed by atoms with E-state index < -0.39 is 0 Å². The van der Waals surface area contributed by atoms with Gasteiger partial charge < -0.3 is 0 Å². The summed E-state index contributed by atoms with van der Waals surface area (Å²) in [5, 5.41) is 0.508. The van der Waals surface area contributed by atoms with Crippen LogP contribution in [0.2, 0.25) is 0 Å². The van der Waals surface area contributed by atoms with E-state index in [1.54, 1.807) is 7.05 Å². The van der Waals surface area contributed by atoms with Crippen molar-refractivity contribution in [3.63, 3.8) is 0 Å². The molecule has 0 fully saturated rings. The summed E-state index contributed by atoms with van der Waals surface area (Å²) >= 11 is 0. The van der Waals surface area contributed by atoms with Crippen LogP contribution in [0, 0.1) is 0 Å². The maximum atomic E-state index is 13.1. The number of pyridine rings is 1. The van der Waals surface area contributed by atoms with Gasteiger partial charge in [-0.05, 0) is 29.5 Å². The number of nitrogens with zero attached hydrogens (tertiary/aromatic N) is 3. The topological polar surface area (TPSA) is 56.9 Å². The van der Waals surface area contributed by atoms with E-state index in [9.17, 15) is 9.59 Å². The van der Waals surface area contributed by atoms with Gasteiger partial charge in [-0.3, -0.25) is 13.9 Å². The largest absolute Gasteiger partial charge is 0.332 e. The molecule has 0 amide bonds. The highest BCUT2D eigenvalue weighted by atomic mass is 16.2. The number of rotatable bonds is 1. The SMILES string of the molecule is Cn1c(=O)c2c(-c3ccccc3)c3c(nc2n(C)c1=O)-c1ccccc1CC3. The number of aryl methyl sites for hydroxylation is 2. The van der Waals surface area contributed by atoms with E-state index in [1.807, 2.05) is 42.5 Å². The van der Waals surface area contributed by atoms with E-state index >= 15 is 0 Å². The molecule has 4 aromatic rings. The highest BCUT2D eigenvalue weighted by Crippen LogP contribution is 2.40. The lowest BCUT2D eigenvalue weighted by molar-refractivity contribution is 0.707. The van der Waals surface area contributed by atoms with Crippen molar-refractivity contribution in [2.75, 3.05) is 0 Å². The standard InChI is InChI=1S/C23H19N3O2/c1-25-21-19(22(27)26(2)23(25)28)18(15-9-4-3-5-10-15)17-13-12-14-8-6-7-11-16(14)20(17)24-21/h3-11H,12-13H2,1-2H3. The predicted octanol–water partition coefficient (Wildman–Crippen LogP) is 3.06. The van der Waals surface area contributed by atoms with Crippen molar-refractivity contribution < 1.29 is 0 Å². The second kappa shape index (κ2) is 6.02. The van der Waals surface area contributed by atoms with Crippen molar-refractivity contribution in [1.29, 1.82) is 0 Å². The quantitative estimate of drug-likeness (QED) is 0.518. The summed E-state index contributed by atoms with van der Waals surface area (Å²) in [6.45, 7) is 0. The van der Waals surface area contributed by atoms with Crippen LogP contribution >= 0.6 is 0 Å². The lowest BCUT2D eigenvalue weighted by atomic mass is 9.84.